The molecule has 3 nitrogen and oxygen atoms in total. The first kappa shape index (κ1) is 9.52. The molecule has 0 unspecified atom stereocenters. The fraction of sp³-hybridized carbons (Fsp3) is 0.0833. The first-order valence-corrected chi connectivity index (χ1v) is 4.77. The second-order valence-corrected chi connectivity index (χ2v) is 3.42. The summed E-state index contributed by atoms with van der Waals surface area (Å²) in [6.45, 7) is 0. The van der Waals surface area contributed by atoms with Crippen LogP contribution in [0.1, 0.15) is 21.7 Å². The minimum atomic E-state index is -0.422. The maximum Gasteiger partial charge on any atom is 0.265 e. The van der Waals surface area contributed by atoms with Gasteiger partial charge in [-0.05, 0) is 17.7 Å². The Hall–Kier alpha value is -2.03. The van der Waals surface area contributed by atoms with Crippen LogP contribution >= 0.6 is 0 Å². The highest BCUT2D eigenvalue weighted by Gasteiger charge is 2.03. The van der Waals surface area contributed by atoms with Crippen molar-refractivity contribution >= 4 is 5.91 Å². The third-order valence-corrected chi connectivity index (χ3v) is 2.25. The van der Waals surface area contributed by atoms with Crippen LogP contribution in [0.25, 0.3) is 0 Å². The topological polar surface area (TPSA) is 58.9 Å². The lowest BCUT2D eigenvalue weighted by Crippen LogP contribution is -2.11. The molecular weight excluding hydrogens is 188 g/mol. The molecule has 2 rings (SSSR count). The summed E-state index contributed by atoms with van der Waals surface area (Å²) in [7, 11) is 0. The van der Waals surface area contributed by atoms with Crippen LogP contribution in [0.15, 0.2) is 42.5 Å². The van der Waals surface area contributed by atoms with Crippen molar-refractivity contribution in [2.75, 3.05) is 0 Å². The second kappa shape index (κ2) is 4.00. The highest BCUT2D eigenvalue weighted by molar-refractivity contribution is 5.90. The fourth-order valence-corrected chi connectivity index (χ4v) is 1.50. The molecule has 15 heavy (non-hydrogen) atoms. The maximum atomic E-state index is 10.9. The molecule has 0 saturated heterocycles. The van der Waals surface area contributed by atoms with Gasteiger partial charge in [0.25, 0.3) is 5.91 Å². The molecule has 0 radical (unpaired) electrons. The summed E-state index contributed by atoms with van der Waals surface area (Å²) in [5.41, 5.74) is 7.81. The number of carbonyl (C=O) groups is 1. The maximum absolute atomic E-state index is 10.9. The van der Waals surface area contributed by atoms with Crippen molar-refractivity contribution in [3.05, 3.63) is 59.4 Å². The molecule has 1 aromatic carbocycles. The Bertz CT molecular complexity index is 459. The summed E-state index contributed by atoms with van der Waals surface area (Å²) in [6.07, 6.45) is 0.786. The number of nitrogens with two attached hydrogens (primary N) is 1. The van der Waals surface area contributed by atoms with Crippen LogP contribution in [0.2, 0.25) is 0 Å². The lowest BCUT2D eigenvalue weighted by Gasteiger charge is -1.97. The van der Waals surface area contributed by atoms with Gasteiger partial charge in [0.05, 0.1) is 0 Å². The van der Waals surface area contributed by atoms with Gasteiger partial charge >= 0.3 is 0 Å². The van der Waals surface area contributed by atoms with Gasteiger partial charge in [-0.25, -0.2) is 0 Å². The zero-order valence-corrected chi connectivity index (χ0v) is 8.23. The summed E-state index contributed by atoms with van der Waals surface area (Å²) in [5.74, 6) is -0.422. The predicted molar refractivity (Wildman–Crippen MR) is 58.6 cm³/mol. The zero-order chi connectivity index (χ0) is 10.7. The molecule has 0 bridgehead atoms. The van der Waals surface area contributed by atoms with Crippen molar-refractivity contribution < 1.29 is 4.79 Å². The van der Waals surface area contributed by atoms with E-state index in [1.54, 1.807) is 6.07 Å². The Morgan fingerprint density at radius 2 is 1.87 bits per heavy atom. The van der Waals surface area contributed by atoms with Crippen molar-refractivity contribution in [1.82, 2.24) is 4.98 Å². The lowest BCUT2D eigenvalue weighted by atomic mass is 10.1. The molecule has 0 fully saturated rings. The lowest BCUT2D eigenvalue weighted by molar-refractivity contribution is 0.0996. The number of carbonyl (C=O) groups excluding carboxylic acids is 1. The molecule has 1 heterocycles. The van der Waals surface area contributed by atoms with E-state index in [4.69, 9.17) is 5.73 Å². The van der Waals surface area contributed by atoms with Crippen LogP contribution in [0, 0.1) is 0 Å². The smallest absolute Gasteiger partial charge is 0.265 e. The minimum absolute atomic E-state index is 0.422. The number of aromatic amines is 1. The van der Waals surface area contributed by atoms with E-state index in [9.17, 15) is 4.79 Å². The van der Waals surface area contributed by atoms with Crippen molar-refractivity contribution in [3.63, 3.8) is 0 Å². The second-order valence-electron chi connectivity index (χ2n) is 3.42. The fourth-order valence-electron chi connectivity index (χ4n) is 1.50. The van der Waals surface area contributed by atoms with E-state index in [0.717, 1.165) is 12.1 Å². The zero-order valence-electron chi connectivity index (χ0n) is 8.23. The Morgan fingerprint density at radius 3 is 2.47 bits per heavy atom. The van der Waals surface area contributed by atoms with E-state index in [2.05, 4.69) is 4.98 Å². The molecule has 0 spiro atoms. The summed E-state index contributed by atoms with van der Waals surface area (Å²) in [5, 5.41) is 0. The average molecular weight is 200 g/mol. The van der Waals surface area contributed by atoms with Crippen molar-refractivity contribution in [2.24, 2.45) is 5.73 Å². The van der Waals surface area contributed by atoms with Gasteiger partial charge in [-0.2, -0.15) is 0 Å². The number of nitrogens with one attached hydrogen (secondary N) is 1. The summed E-state index contributed by atoms with van der Waals surface area (Å²) < 4.78 is 0. The van der Waals surface area contributed by atoms with Crippen LogP contribution in [0.3, 0.4) is 0 Å². The number of hydrogen-bond acceptors (Lipinski definition) is 1. The van der Waals surface area contributed by atoms with E-state index in [1.165, 1.54) is 5.56 Å². The van der Waals surface area contributed by atoms with Gasteiger partial charge in [0.15, 0.2) is 0 Å². The SMILES string of the molecule is NC(=O)c1ccc(Cc2ccccc2)[nH]1. The molecule has 1 amide bonds. The van der Waals surface area contributed by atoms with Crippen molar-refractivity contribution in [2.45, 2.75) is 6.42 Å². The van der Waals surface area contributed by atoms with Gasteiger partial charge in [0.2, 0.25) is 0 Å². The first-order chi connectivity index (χ1) is 7.25. The van der Waals surface area contributed by atoms with Gasteiger partial charge in [-0.15, -0.1) is 0 Å². The first-order valence-electron chi connectivity index (χ1n) is 4.77. The minimum Gasteiger partial charge on any atom is -0.364 e. The Balaban J connectivity index is 2.15. The van der Waals surface area contributed by atoms with Gasteiger partial charge in [0.1, 0.15) is 5.69 Å². The number of aromatic nitrogens is 1. The molecular formula is C12H12N2O. The van der Waals surface area contributed by atoms with Crippen LogP contribution in [0.5, 0.6) is 0 Å². The monoisotopic (exact) mass is 200 g/mol. The third-order valence-electron chi connectivity index (χ3n) is 2.25. The number of rotatable bonds is 3. The van der Waals surface area contributed by atoms with E-state index < -0.39 is 5.91 Å². The van der Waals surface area contributed by atoms with Gasteiger partial charge in [-0.3, -0.25) is 4.79 Å². The molecule has 76 valence electrons. The average Bonchev–Trinajstić information content (AvgIpc) is 2.68. The highest BCUT2D eigenvalue weighted by Crippen LogP contribution is 2.08. The molecule has 3 N–H and O–H groups in total. The predicted octanol–water partition coefficient (Wildman–Crippen LogP) is 1.70. The van der Waals surface area contributed by atoms with Crippen LogP contribution in [-0.2, 0) is 6.42 Å². The molecule has 3 heteroatoms. The van der Waals surface area contributed by atoms with E-state index in [0.29, 0.717) is 5.69 Å². The molecule has 2 aromatic rings. The third kappa shape index (κ3) is 2.26. The van der Waals surface area contributed by atoms with Gasteiger partial charge in [-0.1, -0.05) is 30.3 Å². The van der Waals surface area contributed by atoms with E-state index >= 15 is 0 Å². The van der Waals surface area contributed by atoms with E-state index in [1.807, 2.05) is 36.4 Å². The number of amides is 1. The summed E-state index contributed by atoms with van der Waals surface area (Å²) in [6, 6.07) is 13.6. The standard InChI is InChI=1S/C12H12N2O/c13-12(15)11-7-6-10(14-11)8-9-4-2-1-3-5-9/h1-7,14H,8H2,(H2,13,15). The number of primary amides is 1. The van der Waals surface area contributed by atoms with Crippen LogP contribution < -0.4 is 5.73 Å². The molecule has 0 atom stereocenters. The number of hydrogen-bond donors (Lipinski definition) is 2. The van der Waals surface area contributed by atoms with Gasteiger partial charge in [0, 0.05) is 12.1 Å². The summed E-state index contributed by atoms with van der Waals surface area (Å²) in [4.78, 5) is 13.8. The Labute approximate surface area is 87.9 Å². The number of H-pyrrole nitrogens is 1. The molecule has 0 aliphatic heterocycles. The van der Waals surface area contributed by atoms with E-state index in [-0.39, 0.29) is 0 Å². The summed E-state index contributed by atoms with van der Waals surface area (Å²) >= 11 is 0. The largest absolute Gasteiger partial charge is 0.364 e. The Morgan fingerprint density at radius 1 is 1.13 bits per heavy atom. The Kier molecular flexibility index (Phi) is 2.54. The molecule has 0 aliphatic carbocycles. The van der Waals surface area contributed by atoms with Crippen LogP contribution in [-0.4, -0.2) is 10.9 Å². The molecule has 0 aliphatic rings. The van der Waals surface area contributed by atoms with Crippen molar-refractivity contribution in [3.8, 4) is 0 Å². The van der Waals surface area contributed by atoms with Crippen LogP contribution in [0.4, 0.5) is 0 Å². The highest BCUT2D eigenvalue weighted by atomic mass is 16.1. The normalized spacial score (nSPS) is 10.1. The molecule has 0 saturated carbocycles. The van der Waals surface area contributed by atoms with Crippen molar-refractivity contribution in [1.29, 1.82) is 0 Å². The van der Waals surface area contributed by atoms with Gasteiger partial charge < -0.3 is 10.7 Å². The number of benzene rings is 1. The molecule has 1 aromatic heterocycles. The quantitative estimate of drug-likeness (QED) is 0.778.